The summed E-state index contributed by atoms with van der Waals surface area (Å²) in [5, 5.41) is 0. The maximum atomic E-state index is 2.29. The molecule has 0 aliphatic rings. The Kier molecular flexibility index (Phi) is 14.0. The first kappa shape index (κ1) is 15.0. The Morgan fingerprint density at radius 1 is 0.667 bits per heavy atom. The second-order valence-corrected chi connectivity index (χ2v) is 7.89. The number of unbranched alkanes of at least 4 members (excludes halogenated alkanes) is 2. The van der Waals surface area contributed by atoms with E-state index >= 15 is 0 Å². The summed E-state index contributed by atoms with van der Waals surface area (Å²) in [5.41, 5.74) is 0. The second-order valence-electron chi connectivity index (χ2n) is 3.61. The fraction of sp³-hybridized carbons (Fsp3) is 0.571. The molecule has 0 heterocycles. The van der Waals surface area contributed by atoms with E-state index in [9.17, 15) is 0 Å². The van der Waals surface area contributed by atoms with Gasteiger partial charge < -0.3 is 0 Å². The zero-order valence-corrected chi connectivity index (χ0v) is 13.1. The molecule has 0 amide bonds. The van der Waals surface area contributed by atoms with Gasteiger partial charge in [-0.25, -0.2) is 0 Å². The van der Waals surface area contributed by atoms with Crippen LogP contribution in [0.3, 0.4) is 0 Å². The fourth-order valence-corrected chi connectivity index (χ4v) is 5.27. The molecule has 0 nitrogen and oxygen atoms in total. The normalized spacial score (nSPS) is 9.20. The Balaban J connectivity index is 0.000000280. The molecular weight excluding hydrogens is 287 g/mol. The van der Waals surface area contributed by atoms with Crippen molar-refractivity contribution in [3.8, 4) is 0 Å². The second kappa shape index (κ2) is 14.0. The average Bonchev–Trinajstić information content (AvgIpc) is 2.32. The Morgan fingerprint density at radius 2 is 1.00 bits per heavy atom. The monoisotopic (exact) mass is 312 g/mol. The van der Waals surface area contributed by atoms with Crippen molar-refractivity contribution in [2.75, 3.05) is 0 Å². The minimum Gasteiger partial charge on any atom is -0.0623 e. The van der Waals surface area contributed by atoms with Crippen molar-refractivity contribution in [1.29, 1.82) is 0 Å². The van der Waals surface area contributed by atoms with Crippen LogP contribution < -0.4 is 0 Å². The van der Waals surface area contributed by atoms with Crippen LogP contribution in [0.15, 0.2) is 36.4 Å². The van der Waals surface area contributed by atoms with Gasteiger partial charge in [0.15, 0.2) is 0 Å². The van der Waals surface area contributed by atoms with Gasteiger partial charge in [0, 0.05) is 0 Å². The van der Waals surface area contributed by atoms with Crippen LogP contribution in [0.5, 0.6) is 0 Å². The SMILES string of the molecule is CCC[CH2][Sn][CH2]CCC.c1ccccc1. The van der Waals surface area contributed by atoms with Gasteiger partial charge in [-0.3, -0.25) is 0 Å². The smallest absolute Gasteiger partial charge is 0.0623 e. The molecule has 15 heavy (non-hydrogen) atoms. The quantitative estimate of drug-likeness (QED) is 0.522. The van der Waals surface area contributed by atoms with Crippen molar-refractivity contribution >= 4 is 21.1 Å². The van der Waals surface area contributed by atoms with Crippen molar-refractivity contribution in [2.24, 2.45) is 0 Å². The van der Waals surface area contributed by atoms with Gasteiger partial charge in [-0.1, -0.05) is 36.4 Å². The van der Waals surface area contributed by atoms with E-state index in [1.807, 2.05) is 36.4 Å². The summed E-state index contributed by atoms with van der Waals surface area (Å²) in [6, 6.07) is 12.0. The number of benzene rings is 1. The molecule has 0 N–H and O–H groups in total. The molecule has 0 fully saturated rings. The molecule has 0 aromatic heterocycles. The van der Waals surface area contributed by atoms with Crippen LogP contribution in [-0.4, -0.2) is 21.1 Å². The van der Waals surface area contributed by atoms with E-state index in [0.29, 0.717) is 0 Å². The molecule has 0 spiro atoms. The van der Waals surface area contributed by atoms with Gasteiger partial charge in [0.05, 0.1) is 0 Å². The molecule has 1 aromatic rings. The van der Waals surface area contributed by atoms with E-state index in [2.05, 4.69) is 13.8 Å². The zero-order valence-electron chi connectivity index (χ0n) is 10.2. The van der Waals surface area contributed by atoms with E-state index in [1.54, 1.807) is 8.87 Å². The summed E-state index contributed by atoms with van der Waals surface area (Å²) < 4.78 is 3.25. The molecular formula is C14H24Sn. The van der Waals surface area contributed by atoms with Gasteiger partial charge in [-0.15, -0.1) is 0 Å². The molecule has 0 bridgehead atoms. The summed E-state index contributed by atoms with van der Waals surface area (Å²) in [6.07, 6.45) is 5.84. The predicted octanol–water partition coefficient (Wildman–Crippen LogP) is 4.81. The van der Waals surface area contributed by atoms with Gasteiger partial charge in [0.25, 0.3) is 0 Å². The Hall–Kier alpha value is 0.0187. The first-order chi connectivity index (χ1) is 7.41. The molecule has 0 saturated heterocycles. The van der Waals surface area contributed by atoms with Crippen LogP contribution in [0.2, 0.25) is 8.87 Å². The molecule has 2 radical (unpaired) electrons. The molecule has 1 rings (SSSR count). The standard InChI is InChI=1S/C6H6.2C4H9.Sn/c1-2-4-6-5-3-1;2*1-3-4-2;/h1-6H;2*1,3-4H2,2H3;. The van der Waals surface area contributed by atoms with Gasteiger partial charge in [0.1, 0.15) is 0 Å². The van der Waals surface area contributed by atoms with Crippen LogP contribution in [0.4, 0.5) is 0 Å². The van der Waals surface area contributed by atoms with Gasteiger partial charge in [-0.2, -0.15) is 0 Å². The average molecular weight is 311 g/mol. The van der Waals surface area contributed by atoms with Crippen LogP contribution in [0, 0.1) is 0 Å². The van der Waals surface area contributed by atoms with E-state index < -0.39 is 0 Å². The number of hydrogen-bond acceptors (Lipinski definition) is 0. The molecule has 0 atom stereocenters. The Morgan fingerprint density at radius 3 is 1.27 bits per heavy atom. The third kappa shape index (κ3) is 14.0. The molecule has 1 heteroatoms. The van der Waals surface area contributed by atoms with Crippen molar-refractivity contribution in [3.05, 3.63) is 36.4 Å². The van der Waals surface area contributed by atoms with Crippen molar-refractivity contribution in [2.45, 2.75) is 48.4 Å². The third-order valence-electron chi connectivity index (χ3n) is 2.08. The van der Waals surface area contributed by atoms with Crippen LogP contribution in [0.1, 0.15) is 39.5 Å². The van der Waals surface area contributed by atoms with Gasteiger partial charge in [0.2, 0.25) is 0 Å². The summed E-state index contributed by atoms with van der Waals surface area (Å²) >= 11 is 0.149. The molecule has 0 aliphatic carbocycles. The number of hydrogen-bond donors (Lipinski definition) is 0. The minimum atomic E-state index is 0.149. The predicted molar refractivity (Wildman–Crippen MR) is 71.6 cm³/mol. The van der Waals surface area contributed by atoms with Crippen molar-refractivity contribution in [3.63, 3.8) is 0 Å². The molecule has 0 unspecified atom stereocenters. The summed E-state index contributed by atoms with van der Waals surface area (Å²) in [7, 11) is 0. The number of rotatable bonds is 6. The summed E-state index contributed by atoms with van der Waals surface area (Å²) in [5.74, 6) is 0. The minimum absolute atomic E-state index is 0.149. The summed E-state index contributed by atoms with van der Waals surface area (Å²) in [6.45, 7) is 4.58. The van der Waals surface area contributed by atoms with Crippen LogP contribution in [-0.2, 0) is 0 Å². The zero-order chi connectivity index (χ0) is 11.2. The molecule has 84 valence electrons. The first-order valence-electron chi connectivity index (χ1n) is 6.12. The maximum Gasteiger partial charge on any atom is -0.0623 e. The Labute approximate surface area is 106 Å². The van der Waals surface area contributed by atoms with E-state index in [4.69, 9.17) is 0 Å². The largest absolute Gasteiger partial charge is 0.0623 e. The Bertz CT molecular complexity index is 151. The first-order valence-corrected chi connectivity index (χ1v) is 10.2. The van der Waals surface area contributed by atoms with Crippen molar-refractivity contribution in [1.82, 2.24) is 0 Å². The van der Waals surface area contributed by atoms with E-state index in [-0.39, 0.29) is 21.1 Å². The van der Waals surface area contributed by atoms with Gasteiger partial charge >= 0.3 is 69.5 Å². The topological polar surface area (TPSA) is 0 Å². The van der Waals surface area contributed by atoms with E-state index in [1.165, 1.54) is 25.7 Å². The molecule has 0 aliphatic heterocycles. The third-order valence-corrected chi connectivity index (χ3v) is 6.12. The van der Waals surface area contributed by atoms with E-state index in [0.717, 1.165) is 0 Å². The van der Waals surface area contributed by atoms with Crippen LogP contribution >= 0.6 is 0 Å². The summed E-state index contributed by atoms with van der Waals surface area (Å²) in [4.78, 5) is 0. The van der Waals surface area contributed by atoms with Crippen molar-refractivity contribution < 1.29 is 0 Å². The molecule has 0 saturated carbocycles. The fourth-order valence-electron chi connectivity index (χ4n) is 1.11. The van der Waals surface area contributed by atoms with Crippen LogP contribution in [0.25, 0.3) is 0 Å². The van der Waals surface area contributed by atoms with Gasteiger partial charge in [-0.05, 0) is 0 Å². The molecule has 1 aromatic carbocycles. The maximum absolute atomic E-state index is 2.29.